The zero-order chi connectivity index (χ0) is 14.4. The van der Waals surface area contributed by atoms with E-state index in [9.17, 15) is 9.90 Å². The molecule has 2 rings (SSSR count). The second-order valence-electron chi connectivity index (χ2n) is 4.22. The number of halogens is 1. The minimum atomic E-state index is -0.432. The number of hydrogen-bond acceptors (Lipinski definition) is 2. The lowest BCUT2D eigenvalue weighted by Crippen LogP contribution is -2.34. The molecule has 0 saturated carbocycles. The molecule has 1 unspecified atom stereocenters. The molecule has 0 aliphatic carbocycles. The van der Waals surface area contributed by atoms with Gasteiger partial charge in [-0.3, -0.25) is 0 Å². The van der Waals surface area contributed by atoms with Gasteiger partial charge in [0.25, 0.3) is 0 Å². The van der Waals surface area contributed by atoms with E-state index in [2.05, 4.69) is 26.6 Å². The Balaban J connectivity index is 2.02. The number of nitrogens with one attached hydrogen (secondary N) is 2. The van der Waals surface area contributed by atoms with Gasteiger partial charge in [0.05, 0.1) is 18.3 Å². The van der Waals surface area contributed by atoms with Gasteiger partial charge >= 0.3 is 6.03 Å². The maximum absolute atomic E-state index is 12.0. The fraction of sp³-hybridized carbons (Fsp3) is 0.133. The summed E-state index contributed by atoms with van der Waals surface area (Å²) in [6, 6.07) is 15.9. The van der Waals surface area contributed by atoms with Crippen LogP contribution in [0.5, 0.6) is 0 Å². The van der Waals surface area contributed by atoms with Crippen LogP contribution >= 0.6 is 15.9 Å². The minimum absolute atomic E-state index is 0.159. The maximum atomic E-state index is 12.0. The number of carbonyl (C=O) groups excluding carboxylic acids is 1. The van der Waals surface area contributed by atoms with Crippen LogP contribution in [-0.2, 0) is 0 Å². The molecule has 0 aliphatic heterocycles. The first-order chi connectivity index (χ1) is 9.70. The van der Waals surface area contributed by atoms with Crippen molar-refractivity contribution in [2.45, 2.75) is 6.04 Å². The van der Waals surface area contributed by atoms with Crippen LogP contribution in [0.15, 0.2) is 59.1 Å². The third-order valence-corrected chi connectivity index (χ3v) is 3.50. The largest absolute Gasteiger partial charge is 0.394 e. The van der Waals surface area contributed by atoms with E-state index in [0.717, 1.165) is 10.0 Å². The van der Waals surface area contributed by atoms with Gasteiger partial charge in [-0.15, -0.1) is 0 Å². The van der Waals surface area contributed by atoms with Gasteiger partial charge in [-0.1, -0.05) is 42.5 Å². The van der Waals surface area contributed by atoms with Crippen molar-refractivity contribution < 1.29 is 9.90 Å². The second kappa shape index (κ2) is 7.07. The zero-order valence-corrected chi connectivity index (χ0v) is 12.3. The highest BCUT2D eigenvalue weighted by molar-refractivity contribution is 9.10. The van der Waals surface area contributed by atoms with E-state index in [-0.39, 0.29) is 12.6 Å². The highest BCUT2D eigenvalue weighted by atomic mass is 79.9. The molecule has 2 aromatic carbocycles. The molecule has 0 heterocycles. The Morgan fingerprint density at radius 1 is 1.10 bits per heavy atom. The number of anilines is 1. The van der Waals surface area contributed by atoms with E-state index in [4.69, 9.17) is 0 Å². The Morgan fingerprint density at radius 3 is 2.40 bits per heavy atom. The molecule has 0 bridgehead atoms. The first kappa shape index (κ1) is 14.6. The molecule has 0 spiro atoms. The molecular weight excluding hydrogens is 320 g/mol. The van der Waals surface area contributed by atoms with Gasteiger partial charge in [0.15, 0.2) is 0 Å². The second-order valence-corrected chi connectivity index (χ2v) is 5.08. The van der Waals surface area contributed by atoms with Crippen molar-refractivity contribution in [3.8, 4) is 0 Å². The summed E-state index contributed by atoms with van der Waals surface area (Å²) in [4.78, 5) is 12.0. The molecule has 4 nitrogen and oxygen atoms in total. The van der Waals surface area contributed by atoms with Crippen molar-refractivity contribution in [2.24, 2.45) is 0 Å². The predicted octanol–water partition coefficient (Wildman–Crippen LogP) is 3.30. The number of aliphatic hydroxyl groups is 1. The van der Waals surface area contributed by atoms with Crippen LogP contribution in [0.3, 0.4) is 0 Å². The predicted molar refractivity (Wildman–Crippen MR) is 82.6 cm³/mol. The number of carbonyl (C=O) groups is 1. The molecule has 0 saturated heterocycles. The SMILES string of the molecule is O=C(Nc1ccccc1Br)NC(CO)c1ccccc1. The molecule has 5 heteroatoms. The summed E-state index contributed by atoms with van der Waals surface area (Å²) in [5.41, 5.74) is 1.53. The summed E-state index contributed by atoms with van der Waals surface area (Å²) in [5, 5.41) is 14.9. The Hall–Kier alpha value is -1.85. The monoisotopic (exact) mass is 334 g/mol. The Morgan fingerprint density at radius 2 is 1.75 bits per heavy atom. The van der Waals surface area contributed by atoms with E-state index >= 15 is 0 Å². The summed E-state index contributed by atoms with van der Waals surface area (Å²) in [7, 11) is 0. The Labute approximate surface area is 126 Å². The van der Waals surface area contributed by atoms with Gasteiger partial charge in [-0.05, 0) is 33.6 Å². The molecule has 20 heavy (non-hydrogen) atoms. The molecule has 0 aromatic heterocycles. The summed E-state index contributed by atoms with van der Waals surface area (Å²) in [6.45, 7) is -0.159. The van der Waals surface area contributed by atoms with Gasteiger partial charge in [0, 0.05) is 4.47 Å². The first-order valence-corrected chi connectivity index (χ1v) is 6.98. The number of rotatable bonds is 4. The number of benzene rings is 2. The van der Waals surface area contributed by atoms with E-state index in [1.807, 2.05) is 48.5 Å². The van der Waals surface area contributed by atoms with Crippen LogP contribution in [0.2, 0.25) is 0 Å². The van der Waals surface area contributed by atoms with Crippen molar-refractivity contribution in [3.05, 3.63) is 64.6 Å². The fourth-order valence-electron chi connectivity index (χ4n) is 1.80. The van der Waals surface area contributed by atoms with Crippen molar-refractivity contribution in [3.63, 3.8) is 0 Å². The molecule has 0 fully saturated rings. The maximum Gasteiger partial charge on any atom is 0.319 e. The molecule has 3 N–H and O–H groups in total. The van der Waals surface area contributed by atoms with Crippen LogP contribution in [0, 0.1) is 0 Å². The summed E-state index contributed by atoms with van der Waals surface area (Å²) >= 11 is 3.36. The molecule has 2 aromatic rings. The van der Waals surface area contributed by atoms with Crippen molar-refractivity contribution in [1.29, 1.82) is 0 Å². The van der Waals surface area contributed by atoms with Crippen LogP contribution in [-0.4, -0.2) is 17.7 Å². The van der Waals surface area contributed by atoms with Crippen LogP contribution in [0.25, 0.3) is 0 Å². The zero-order valence-electron chi connectivity index (χ0n) is 10.7. The topological polar surface area (TPSA) is 61.4 Å². The van der Waals surface area contributed by atoms with Gasteiger partial charge in [0.2, 0.25) is 0 Å². The molecular formula is C15H15BrN2O2. The Kier molecular flexibility index (Phi) is 5.15. The van der Waals surface area contributed by atoms with Gasteiger partial charge in [-0.25, -0.2) is 4.79 Å². The normalized spacial score (nSPS) is 11.7. The van der Waals surface area contributed by atoms with Crippen molar-refractivity contribution in [1.82, 2.24) is 5.32 Å². The van der Waals surface area contributed by atoms with Crippen molar-refractivity contribution >= 4 is 27.6 Å². The smallest absolute Gasteiger partial charge is 0.319 e. The minimum Gasteiger partial charge on any atom is -0.394 e. The van der Waals surface area contributed by atoms with Gasteiger partial charge < -0.3 is 15.7 Å². The van der Waals surface area contributed by atoms with Crippen LogP contribution in [0.1, 0.15) is 11.6 Å². The average molecular weight is 335 g/mol. The van der Waals surface area contributed by atoms with E-state index < -0.39 is 6.04 Å². The molecule has 0 radical (unpaired) electrons. The lowest BCUT2D eigenvalue weighted by atomic mass is 10.1. The number of urea groups is 1. The van der Waals surface area contributed by atoms with Crippen molar-refractivity contribution in [2.75, 3.05) is 11.9 Å². The number of hydrogen-bond donors (Lipinski definition) is 3. The summed E-state index contributed by atoms with van der Waals surface area (Å²) in [6.07, 6.45) is 0. The van der Waals surface area contributed by atoms with Crippen LogP contribution < -0.4 is 10.6 Å². The summed E-state index contributed by atoms with van der Waals surface area (Å²) in [5.74, 6) is 0. The lowest BCUT2D eigenvalue weighted by Gasteiger charge is -2.17. The van der Waals surface area contributed by atoms with E-state index in [1.54, 1.807) is 6.07 Å². The first-order valence-electron chi connectivity index (χ1n) is 6.18. The fourth-order valence-corrected chi connectivity index (χ4v) is 2.18. The van der Waals surface area contributed by atoms with Gasteiger partial charge in [0.1, 0.15) is 0 Å². The van der Waals surface area contributed by atoms with Gasteiger partial charge in [-0.2, -0.15) is 0 Å². The summed E-state index contributed by atoms with van der Waals surface area (Å²) < 4.78 is 0.801. The molecule has 104 valence electrons. The average Bonchev–Trinajstić information content (AvgIpc) is 2.48. The van der Waals surface area contributed by atoms with E-state index in [1.165, 1.54) is 0 Å². The highest BCUT2D eigenvalue weighted by Gasteiger charge is 2.13. The quantitative estimate of drug-likeness (QED) is 0.803. The highest BCUT2D eigenvalue weighted by Crippen LogP contribution is 2.21. The number of amides is 2. The third kappa shape index (κ3) is 3.82. The van der Waals surface area contributed by atoms with E-state index in [0.29, 0.717) is 5.69 Å². The number of aliphatic hydroxyl groups excluding tert-OH is 1. The Bertz CT molecular complexity index is 575. The lowest BCUT2D eigenvalue weighted by molar-refractivity contribution is 0.225. The standard InChI is InChI=1S/C15H15BrN2O2/c16-12-8-4-5-9-13(12)17-15(20)18-14(10-19)11-6-2-1-3-7-11/h1-9,14,19H,10H2,(H2,17,18,20). The number of para-hydroxylation sites is 1. The van der Waals surface area contributed by atoms with Crippen LogP contribution in [0.4, 0.5) is 10.5 Å². The third-order valence-electron chi connectivity index (χ3n) is 2.81. The molecule has 1 atom stereocenters. The molecule has 2 amide bonds. The molecule has 0 aliphatic rings.